The van der Waals surface area contributed by atoms with Crippen LogP contribution in [0.25, 0.3) is 0 Å². The quantitative estimate of drug-likeness (QED) is 0.842. The summed E-state index contributed by atoms with van der Waals surface area (Å²) in [6, 6.07) is 4.95. The third-order valence-corrected chi connectivity index (χ3v) is 7.23. The van der Waals surface area contributed by atoms with Gasteiger partial charge in [0.15, 0.2) is 10.1 Å². The molecule has 20 heavy (non-hydrogen) atoms. The predicted octanol–water partition coefficient (Wildman–Crippen LogP) is 1.41. The Labute approximate surface area is 121 Å². The van der Waals surface area contributed by atoms with Crippen LogP contribution >= 0.6 is 0 Å². The second-order valence-corrected chi connectivity index (χ2v) is 9.30. The van der Waals surface area contributed by atoms with Crippen LogP contribution in [0.5, 0.6) is 0 Å². The van der Waals surface area contributed by atoms with Crippen molar-refractivity contribution in [2.75, 3.05) is 28.2 Å². The van der Waals surface area contributed by atoms with Crippen LogP contribution in [0, 0.1) is 13.8 Å². The molecule has 0 aliphatic carbocycles. The zero-order valence-electron chi connectivity index (χ0n) is 12.6. The van der Waals surface area contributed by atoms with E-state index in [0.717, 1.165) is 5.56 Å². The van der Waals surface area contributed by atoms with Crippen LogP contribution in [0.3, 0.4) is 0 Å². The Morgan fingerprint density at radius 2 is 1.45 bits per heavy atom. The zero-order chi connectivity index (χ0) is 15.7. The third kappa shape index (κ3) is 3.38. The molecule has 0 fully saturated rings. The first-order chi connectivity index (χ1) is 9.00. The molecule has 0 heterocycles. The number of nitrogens with zero attached hydrogens (tertiary/aromatic N) is 3. The van der Waals surface area contributed by atoms with E-state index in [-0.39, 0.29) is 4.90 Å². The Kier molecular flexibility index (Phi) is 4.96. The molecule has 0 saturated carbocycles. The van der Waals surface area contributed by atoms with E-state index >= 15 is 0 Å². The van der Waals surface area contributed by atoms with Crippen molar-refractivity contribution >= 4 is 20.1 Å². The van der Waals surface area contributed by atoms with Crippen molar-refractivity contribution in [3.63, 3.8) is 0 Å². The Hall–Kier alpha value is -0.960. The fourth-order valence-corrected chi connectivity index (χ4v) is 5.49. The number of rotatable bonds is 4. The summed E-state index contributed by atoms with van der Waals surface area (Å²) >= 11 is 0. The van der Waals surface area contributed by atoms with Crippen LogP contribution in [0.1, 0.15) is 11.1 Å². The van der Waals surface area contributed by atoms with Crippen molar-refractivity contribution in [3.8, 4) is 0 Å². The number of hydrogen-bond acceptors (Lipinski definition) is 3. The summed E-state index contributed by atoms with van der Waals surface area (Å²) in [5.74, 6) is 0. The maximum absolute atomic E-state index is 12.7. The van der Waals surface area contributed by atoms with E-state index in [9.17, 15) is 12.6 Å². The van der Waals surface area contributed by atoms with Gasteiger partial charge in [-0.05, 0) is 25.5 Å². The first kappa shape index (κ1) is 17.1. The van der Waals surface area contributed by atoms with E-state index in [4.69, 9.17) is 0 Å². The van der Waals surface area contributed by atoms with Gasteiger partial charge in [0, 0.05) is 28.2 Å². The minimum atomic E-state index is -3.99. The Bertz CT molecular complexity index is 701. The van der Waals surface area contributed by atoms with Gasteiger partial charge in [0.2, 0.25) is 0 Å². The van der Waals surface area contributed by atoms with Gasteiger partial charge in [-0.1, -0.05) is 21.5 Å². The minimum Gasteiger partial charge on any atom is -0.216 e. The highest BCUT2D eigenvalue weighted by molar-refractivity contribution is 8.01. The molecule has 0 aromatic heterocycles. The molecule has 1 aromatic carbocycles. The van der Waals surface area contributed by atoms with Crippen molar-refractivity contribution in [2.24, 2.45) is 3.77 Å². The lowest BCUT2D eigenvalue weighted by atomic mass is 10.2. The molecule has 0 unspecified atom stereocenters. The summed E-state index contributed by atoms with van der Waals surface area (Å²) in [6.07, 6.45) is 0. The van der Waals surface area contributed by atoms with Gasteiger partial charge >= 0.3 is 0 Å². The summed E-state index contributed by atoms with van der Waals surface area (Å²) < 4.78 is 43.7. The first-order valence-electron chi connectivity index (χ1n) is 5.96. The van der Waals surface area contributed by atoms with Crippen molar-refractivity contribution in [1.82, 2.24) is 8.61 Å². The molecule has 0 atom stereocenters. The van der Waals surface area contributed by atoms with Crippen LogP contribution in [0.4, 0.5) is 0 Å². The number of benzene rings is 1. The molecule has 0 saturated heterocycles. The fraction of sp³-hybridized carbons (Fsp3) is 0.500. The zero-order valence-corrected chi connectivity index (χ0v) is 14.2. The van der Waals surface area contributed by atoms with E-state index in [2.05, 4.69) is 3.77 Å². The van der Waals surface area contributed by atoms with Gasteiger partial charge in [0.25, 0.3) is 10.0 Å². The molecule has 114 valence electrons. The molecule has 0 amide bonds. The van der Waals surface area contributed by atoms with Crippen molar-refractivity contribution in [2.45, 2.75) is 18.7 Å². The Morgan fingerprint density at radius 1 is 0.950 bits per heavy atom. The molecular weight excluding hydrogens is 298 g/mol. The van der Waals surface area contributed by atoms with Gasteiger partial charge < -0.3 is 0 Å². The monoisotopic (exact) mass is 319 g/mol. The van der Waals surface area contributed by atoms with Crippen LogP contribution in [0.2, 0.25) is 0 Å². The predicted molar refractivity (Wildman–Crippen MR) is 81.0 cm³/mol. The van der Waals surface area contributed by atoms with E-state index in [0.29, 0.717) is 5.56 Å². The fourth-order valence-electron chi connectivity index (χ4n) is 1.72. The summed E-state index contributed by atoms with van der Waals surface area (Å²) in [7, 11) is -1.02. The summed E-state index contributed by atoms with van der Waals surface area (Å²) in [5, 5.41) is 0. The largest absolute Gasteiger partial charge is 0.292 e. The van der Waals surface area contributed by atoms with Gasteiger partial charge in [0.05, 0.1) is 4.90 Å². The van der Waals surface area contributed by atoms with Gasteiger partial charge in [-0.3, -0.25) is 0 Å². The molecule has 8 heteroatoms. The molecule has 0 bridgehead atoms. The maximum atomic E-state index is 12.7. The van der Waals surface area contributed by atoms with Gasteiger partial charge in [0.1, 0.15) is 0 Å². The van der Waals surface area contributed by atoms with E-state index < -0.39 is 20.1 Å². The first-order valence-corrected chi connectivity index (χ1v) is 8.83. The average molecular weight is 319 g/mol. The molecule has 0 aliphatic rings. The van der Waals surface area contributed by atoms with Gasteiger partial charge in [-0.15, -0.1) is 0 Å². The SMILES string of the molecule is Cc1ccc(S(=O)(=O)N=S(=O)(N(C)C)N(C)C)c(C)c1. The second-order valence-electron chi connectivity index (χ2n) is 4.91. The van der Waals surface area contributed by atoms with Crippen LogP contribution in [-0.4, -0.2) is 49.4 Å². The highest BCUT2D eigenvalue weighted by Crippen LogP contribution is 2.21. The topological polar surface area (TPSA) is 70.0 Å². The normalized spacial score (nSPS) is 13.0. The lowest BCUT2D eigenvalue weighted by Crippen LogP contribution is -2.35. The van der Waals surface area contributed by atoms with Gasteiger partial charge in [-0.2, -0.15) is 8.42 Å². The van der Waals surface area contributed by atoms with Gasteiger partial charge in [-0.25, -0.2) is 12.8 Å². The summed E-state index contributed by atoms with van der Waals surface area (Å²) in [6.45, 7) is 3.58. The standard InChI is InChI=1S/C12H21N3O3S2/c1-10-7-8-12(11(2)9-10)19(16,17)13-20(18,14(3)4)15(5)6/h7-9H,1-6H3. The molecule has 0 radical (unpaired) electrons. The molecular formula is C12H21N3O3S2. The molecule has 0 spiro atoms. The lowest BCUT2D eigenvalue weighted by Gasteiger charge is -2.22. The Balaban J connectivity index is 3.56. The Morgan fingerprint density at radius 3 is 1.85 bits per heavy atom. The molecule has 0 aliphatic heterocycles. The maximum Gasteiger partial charge on any atom is 0.292 e. The van der Waals surface area contributed by atoms with E-state index in [1.807, 2.05) is 6.92 Å². The van der Waals surface area contributed by atoms with Crippen molar-refractivity contribution in [3.05, 3.63) is 29.3 Å². The average Bonchev–Trinajstić information content (AvgIpc) is 2.26. The number of hydrogen-bond donors (Lipinski definition) is 0. The highest BCUT2D eigenvalue weighted by atomic mass is 32.3. The third-order valence-electron chi connectivity index (χ3n) is 2.75. The van der Waals surface area contributed by atoms with E-state index in [1.165, 1.54) is 42.9 Å². The lowest BCUT2D eigenvalue weighted by molar-refractivity contribution is 0.514. The summed E-state index contributed by atoms with van der Waals surface area (Å²) in [5.41, 5.74) is 1.55. The van der Waals surface area contributed by atoms with Crippen molar-refractivity contribution < 1.29 is 12.6 Å². The summed E-state index contributed by atoms with van der Waals surface area (Å²) in [4.78, 5) is 0.0829. The number of sulfonamides is 1. The van der Waals surface area contributed by atoms with Crippen LogP contribution < -0.4 is 0 Å². The second kappa shape index (κ2) is 5.80. The molecule has 6 nitrogen and oxygen atoms in total. The number of aryl methyl sites for hydroxylation is 2. The minimum absolute atomic E-state index is 0.0829. The highest BCUT2D eigenvalue weighted by Gasteiger charge is 2.23. The molecule has 1 rings (SSSR count). The van der Waals surface area contributed by atoms with Crippen molar-refractivity contribution in [1.29, 1.82) is 0 Å². The van der Waals surface area contributed by atoms with Crippen LogP contribution in [-0.2, 0) is 20.1 Å². The van der Waals surface area contributed by atoms with E-state index in [1.54, 1.807) is 19.1 Å². The molecule has 0 N–H and O–H groups in total. The van der Waals surface area contributed by atoms with Crippen LogP contribution in [0.15, 0.2) is 26.9 Å². The molecule has 1 aromatic rings. The smallest absolute Gasteiger partial charge is 0.216 e.